The SMILES string of the molecule is CCNCc1ccc(-n2nnc3ccccc32)nc1. The fourth-order valence-electron chi connectivity index (χ4n) is 1.95. The minimum Gasteiger partial charge on any atom is -0.313 e. The Kier molecular flexibility index (Phi) is 3.20. The van der Waals surface area contributed by atoms with E-state index in [0.717, 1.165) is 35.5 Å². The first-order valence-electron chi connectivity index (χ1n) is 6.35. The molecule has 0 unspecified atom stereocenters. The van der Waals surface area contributed by atoms with Gasteiger partial charge < -0.3 is 5.32 Å². The van der Waals surface area contributed by atoms with Gasteiger partial charge in [0.05, 0.1) is 5.52 Å². The van der Waals surface area contributed by atoms with Gasteiger partial charge in [-0.25, -0.2) is 4.98 Å². The molecule has 2 heterocycles. The van der Waals surface area contributed by atoms with E-state index in [4.69, 9.17) is 0 Å². The molecule has 5 heteroatoms. The van der Waals surface area contributed by atoms with Gasteiger partial charge in [-0.3, -0.25) is 0 Å². The van der Waals surface area contributed by atoms with Crippen molar-refractivity contribution in [3.8, 4) is 5.82 Å². The van der Waals surface area contributed by atoms with Gasteiger partial charge in [-0.1, -0.05) is 30.3 Å². The van der Waals surface area contributed by atoms with Crippen LogP contribution in [0.2, 0.25) is 0 Å². The van der Waals surface area contributed by atoms with Crippen LogP contribution < -0.4 is 5.32 Å². The summed E-state index contributed by atoms with van der Waals surface area (Å²) in [5.41, 5.74) is 3.01. The molecule has 0 spiro atoms. The zero-order chi connectivity index (χ0) is 13.1. The number of rotatable bonds is 4. The quantitative estimate of drug-likeness (QED) is 0.772. The normalized spacial score (nSPS) is 11.0. The van der Waals surface area contributed by atoms with Gasteiger partial charge in [-0.2, -0.15) is 4.68 Å². The first-order valence-corrected chi connectivity index (χ1v) is 6.35. The number of nitrogens with zero attached hydrogens (tertiary/aromatic N) is 4. The molecule has 0 amide bonds. The molecule has 0 bridgehead atoms. The van der Waals surface area contributed by atoms with E-state index < -0.39 is 0 Å². The standard InChI is InChI=1S/C14H15N5/c1-2-15-9-11-7-8-14(16-10-11)19-13-6-4-3-5-12(13)17-18-19/h3-8,10,15H,2,9H2,1H3. The maximum absolute atomic E-state index is 4.44. The molecule has 3 aromatic rings. The molecule has 19 heavy (non-hydrogen) atoms. The van der Waals surface area contributed by atoms with Crippen molar-refractivity contribution in [3.63, 3.8) is 0 Å². The Morgan fingerprint density at radius 1 is 1.16 bits per heavy atom. The maximum atomic E-state index is 4.44. The number of benzene rings is 1. The van der Waals surface area contributed by atoms with Gasteiger partial charge in [0.2, 0.25) is 0 Å². The van der Waals surface area contributed by atoms with E-state index in [1.54, 1.807) is 4.68 Å². The molecule has 0 atom stereocenters. The molecule has 3 rings (SSSR count). The Morgan fingerprint density at radius 2 is 2.05 bits per heavy atom. The average Bonchev–Trinajstić information content (AvgIpc) is 2.90. The van der Waals surface area contributed by atoms with E-state index in [9.17, 15) is 0 Å². The summed E-state index contributed by atoms with van der Waals surface area (Å²) in [7, 11) is 0. The van der Waals surface area contributed by atoms with Crippen molar-refractivity contribution < 1.29 is 0 Å². The lowest BCUT2D eigenvalue weighted by Crippen LogP contribution is -2.12. The van der Waals surface area contributed by atoms with Crippen LogP contribution in [0.4, 0.5) is 0 Å². The third-order valence-electron chi connectivity index (χ3n) is 2.96. The molecular formula is C14H15N5. The summed E-state index contributed by atoms with van der Waals surface area (Å²) >= 11 is 0. The van der Waals surface area contributed by atoms with Gasteiger partial charge in [0.15, 0.2) is 5.82 Å². The Bertz CT molecular complexity index is 672. The smallest absolute Gasteiger partial charge is 0.155 e. The van der Waals surface area contributed by atoms with Crippen LogP contribution in [0.3, 0.4) is 0 Å². The average molecular weight is 253 g/mol. The van der Waals surface area contributed by atoms with Crippen LogP contribution in [0.1, 0.15) is 12.5 Å². The van der Waals surface area contributed by atoms with Crippen LogP contribution in [-0.2, 0) is 6.54 Å². The van der Waals surface area contributed by atoms with Gasteiger partial charge in [0, 0.05) is 12.7 Å². The second-order valence-corrected chi connectivity index (χ2v) is 4.29. The summed E-state index contributed by atoms with van der Waals surface area (Å²) in [5.74, 6) is 0.786. The van der Waals surface area contributed by atoms with Crippen LogP contribution in [0.25, 0.3) is 16.9 Å². The van der Waals surface area contributed by atoms with Crippen LogP contribution >= 0.6 is 0 Å². The van der Waals surface area contributed by atoms with E-state index in [1.807, 2.05) is 36.5 Å². The number of hydrogen-bond donors (Lipinski definition) is 1. The van der Waals surface area contributed by atoms with Crippen LogP contribution in [0.15, 0.2) is 42.6 Å². The van der Waals surface area contributed by atoms with Gasteiger partial charge >= 0.3 is 0 Å². The Morgan fingerprint density at radius 3 is 2.84 bits per heavy atom. The molecule has 96 valence electrons. The number of aromatic nitrogens is 4. The third-order valence-corrected chi connectivity index (χ3v) is 2.96. The third kappa shape index (κ3) is 2.32. The maximum Gasteiger partial charge on any atom is 0.155 e. The fourth-order valence-corrected chi connectivity index (χ4v) is 1.95. The van der Waals surface area contributed by atoms with Gasteiger partial charge in [-0.15, -0.1) is 5.10 Å². The number of hydrogen-bond acceptors (Lipinski definition) is 4. The summed E-state index contributed by atoms with van der Waals surface area (Å²) < 4.78 is 1.76. The highest BCUT2D eigenvalue weighted by atomic mass is 15.4. The van der Waals surface area contributed by atoms with E-state index >= 15 is 0 Å². The molecular weight excluding hydrogens is 238 g/mol. The lowest BCUT2D eigenvalue weighted by molar-refractivity contribution is 0.722. The van der Waals surface area contributed by atoms with E-state index in [0.29, 0.717) is 0 Å². The number of pyridine rings is 1. The Balaban J connectivity index is 1.93. The Hall–Kier alpha value is -2.27. The van der Waals surface area contributed by atoms with Crippen molar-refractivity contribution in [2.75, 3.05) is 6.54 Å². The first kappa shape index (κ1) is 11.8. The van der Waals surface area contributed by atoms with Gasteiger partial charge in [-0.05, 0) is 30.3 Å². The van der Waals surface area contributed by atoms with Crippen molar-refractivity contribution in [1.29, 1.82) is 0 Å². The zero-order valence-electron chi connectivity index (χ0n) is 10.7. The minimum atomic E-state index is 0.786. The van der Waals surface area contributed by atoms with E-state index in [2.05, 4.69) is 33.6 Å². The van der Waals surface area contributed by atoms with Crippen LogP contribution in [0, 0.1) is 0 Å². The molecule has 0 radical (unpaired) electrons. The van der Waals surface area contributed by atoms with Crippen molar-refractivity contribution >= 4 is 11.0 Å². The van der Waals surface area contributed by atoms with Crippen molar-refractivity contribution in [2.45, 2.75) is 13.5 Å². The molecule has 2 aromatic heterocycles. The molecule has 1 aromatic carbocycles. The van der Waals surface area contributed by atoms with Crippen LogP contribution in [-0.4, -0.2) is 26.5 Å². The minimum absolute atomic E-state index is 0.786. The molecule has 0 aliphatic heterocycles. The number of fused-ring (bicyclic) bond motifs is 1. The highest BCUT2D eigenvalue weighted by molar-refractivity contribution is 5.75. The van der Waals surface area contributed by atoms with Crippen LogP contribution in [0.5, 0.6) is 0 Å². The highest BCUT2D eigenvalue weighted by Gasteiger charge is 2.06. The lowest BCUT2D eigenvalue weighted by Gasteiger charge is -2.04. The highest BCUT2D eigenvalue weighted by Crippen LogP contribution is 2.14. The van der Waals surface area contributed by atoms with E-state index in [1.165, 1.54) is 0 Å². The second-order valence-electron chi connectivity index (χ2n) is 4.29. The molecule has 0 saturated heterocycles. The largest absolute Gasteiger partial charge is 0.313 e. The predicted molar refractivity (Wildman–Crippen MR) is 74.0 cm³/mol. The molecule has 5 nitrogen and oxygen atoms in total. The molecule has 0 fully saturated rings. The summed E-state index contributed by atoms with van der Waals surface area (Å²) in [5, 5.41) is 11.5. The monoisotopic (exact) mass is 253 g/mol. The van der Waals surface area contributed by atoms with Crippen molar-refractivity contribution in [1.82, 2.24) is 25.3 Å². The van der Waals surface area contributed by atoms with Gasteiger partial charge in [0.25, 0.3) is 0 Å². The molecule has 0 aliphatic rings. The van der Waals surface area contributed by atoms with Crippen molar-refractivity contribution in [2.24, 2.45) is 0 Å². The molecule has 0 saturated carbocycles. The number of nitrogens with one attached hydrogen (secondary N) is 1. The topological polar surface area (TPSA) is 55.6 Å². The first-order chi connectivity index (χ1) is 9.38. The lowest BCUT2D eigenvalue weighted by atomic mass is 10.2. The molecule has 1 N–H and O–H groups in total. The summed E-state index contributed by atoms with van der Waals surface area (Å²) in [6.45, 7) is 3.88. The summed E-state index contributed by atoms with van der Waals surface area (Å²) in [4.78, 5) is 4.44. The van der Waals surface area contributed by atoms with E-state index in [-0.39, 0.29) is 0 Å². The van der Waals surface area contributed by atoms with Gasteiger partial charge in [0.1, 0.15) is 5.52 Å². The number of para-hydroxylation sites is 1. The predicted octanol–water partition coefficient (Wildman–Crippen LogP) is 1.93. The zero-order valence-corrected chi connectivity index (χ0v) is 10.7. The second kappa shape index (κ2) is 5.16. The summed E-state index contributed by atoms with van der Waals surface area (Å²) in [6, 6.07) is 11.9. The molecule has 0 aliphatic carbocycles. The summed E-state index contributed by atoms with van der Waals surface area (Å²) in [6.07, 6.45) is 1.87. The van der Waals surface area contributed by atoms with Crippen molar-refractivity contribution in [3.05, 3.63) is 48.2 Å². The Labute approximate surface area is 111 Å². The fraction of sp³-hybridized carbons (Fsp3) is 0.214.